The topological polar surface area (TPSA) is 78.9 Å². The van der Waals surface area contributed by atoms with Gasteiger partial charge in [0.1, 0.15) is 12.6 Å². The van der Waals surface area contributed by atoms with Crippen LogP contribution in [-0.2, 0) is 16.1 Å². The van der Waals surface area contributed by atoms with Gasteiger partial charge in [0, 0.05) is 0 Å². The standard InChI is InChI=1S/C19H22N2O4/c1-14(18(22)25-13-16-9-5-3-6-10-16)20-19(23)21(24)15(2)17-11-7-4-8-12-17/h3-12,14-15,24H,13H2,1-2H3,(H,20,23)/t14-,15?/m0/s1. The highest BCUT2D eigenvalue weighted by Crippen LogP contribution is 2.17. The molecule has 0 aliphatic rings. The molecule has 132 valence electrons. The van der Waals surface area contributed by atoms with Crippen molar-refractivity contribution in [2.24, 2.45) is 0 Å². The Morgan fingerprint density at radius 3 is 2.20 bits per heavy atom. The number of urea groups is 1. The summed E-state index contributed by atoms with van der Waals surface area (Å²) in [5.41, 5.74) is 1.63. The fourth-order valence-electron chi connectivity index (χ4n) is 2.21. The Hall–Kier alpha value is -2.86. The van der Waals surface area contributed by atoms with Crippen molar-refractivity contribution < 1.29 is 19.5 Å². The normalized spacial score (nSPS) is 12.8. The van der Waals surface area contributed by atoms with Crippen LogP contribution < -0.4 is 5.32 Å². The second-order valence-corrected chi connectivity index (χ2v) is 5.70. The quantitative estimate of drug-likeness (QED) is 0.480. The van der Waals surface area contributed by atoms with Crippen LogP contribution in [0.2, 0.25) is 0 Å². The van der Waals surface area contributed by atoms with Gasteiger partial charge in [-0.05, 0) is 25.0 Å². The zero-order valence-electron chi connectivity index (χ0n) is 14.3. The number of amides is 2. The number of rotatable bonds is 6. The third-order valence-electron chi connectivity index (χ3n) is 3.77. The molecule has 2 atom stereocenters. The van der Waals surface area contributed by atoms with Crippen molar-refractivity contribution in [2.45, 2.75) is 32.5 Å². The van der Waals surface area contributed by atoms with Crippen molar-refractivity contribution in [3.63, 3.8) is 0 Å². The van der Waals surface area contributed by atoms with E-state index in [0.717, 1.165) is 11.1 Å². The molecule has 0 radical (unpaired) electrons. The summed E-state index contributed by atoms with van der Waals surface area (Å²) in [6.45, 7) is 3.32. The van der Waals surface area contributed by atoms with E-state index in [1.807, 2.05) is 48.5 Å². The summed E-state index contributed by atoms with van der Waals surface area (Å²) in [7, 11) is 0. The van der Waals surface area contributed by atoms with E-state index >= 15 is 0 Å². The Kier molecular flexibility index (Phi) is 6.54. The highest BCUT2D eigenvalue weighted by molar-refractivity contribution is 5.82. The van der Waals surface area contributed by atoms with Crippen molar-refractivity contribution >= 4 is 12.0 Å². The zero-order chi connectivity index (χ0) is 18.2. The van der Waals surface area contributed by atoms with Crippen LogP contribution in [-0.4, -0.2) is 28.3 Å². The van der Waals surface area contributed by atoms with Gasteiger partial charge in [-0.25, -0.2) is 9.59 Å². The molecule has 2 N–H and O–H groups in total. The Morgan fingerprint density at radius 1 is 1.04 bits per heavy atom. The largest absolute Gasteiger partial charge is 0.459 e. The number of hydroxylamine groups is 2. The highest BCUT2D eigenvalue weighted by atomic mass is 16.5. The van der Waals surface area contributed by atoms with Crippen molar-refractivity contribution in [1.82, 2.24) is 10.4 Å². The molecule has 2 amide bonds. The lowest BCUT2D eigenvalue weighted by Crippen LogP contribution is -2.46. The summed E-state index contributed by atoms with van der Waals surface area (Å²) in [5, 5.41) is 13.0. The summed E-state index contributed by atoms with van der Waals surface area (Å²) >= 11 is 0. The van der Waals surface area contributed by atoms with Gasteiger partial charge < -0.3 is 10.1 Å². The molecule has 0 fully saturated rings. The van der Waals surface area contributed by atoms with Gasteiger partial charge in [0.25, 0.3) is 0 Å². The van der Waals surface area contributed by atoms with Gasteiger partial charge >= 0.3 is 12.0 Å². The van der Waals surface area contributed by atoms with Gasteiger partial charge in [0.2, 0.25) is 0 Å². The lowest BCUT2D eigenvalue weighted by atomic mass is 10.1. The van der Waals surface area contributed by atoms with Crippen molar-refractivity contribution in [1.29, 1.82) is 0 Å². The minimum Gasteiger partial charge on any atom is -0.459 e. The summed E-state index contributed by atoms with van der Waals surface area (Å²) in [4.78, 5) is 24.1. The number of esters is 1. The Balaban J connectivity index is 1.85. The smallest absolute Gasteiger partial charge is 0.342 e. The number of ether oxygens (including phenoxy) is 1. The van der Waals surface area contributed by atoms with E-state index in [0.29, 0.717) is 5.06 Å². The molecule has 25 heavy (non-hydrogen) atoms. The molecule has 6 heteroatoms. The van der Waals surface area contributed by atoms with Crippen LogP contribution >= 0.6 is 0 Å². The fourth-order valence-corrected chi connectivity index (χ4v) is 2.21. The van der Waals surface area contributed by atoms with Crippen LogP contribution in [0.5, 0.6) is 0 Å². The molecule has 2 aromatic rings. The fraction of sp³-hybridized carbons (Fsp3) is 0.263. The summed E-state index contributed by atoms with van der Waals surface area (Å²) in [5.74, 6) is -0.571. The minimum absolute atomic E-state index is 0.128. The van der Waals surface area contributed by atoms with Crippen molar-refractivity contribution in [3.8, 4) is 0 Å². The predicted octanol–water partition coefficient (Wildman–Crippen LogP) is 3.28. The highest BCUT2D eigenvalue weighted by Gasteiger charge is 2.24. The summed E-state index contributed by atoms with van der Waals surface area (Å²) < 4.78 is 5.16. The molecule has 2 aromatic carbocycles. The first-order valence-electron chi connectivity index (χ1n) is 8.03. The first-order chi connectivity index (χ1) is 12.0. The molecule has 0 aliphatic heterocycles. The van der Waals surface area contributed by atoms with E-state index in [-0.39, 0.29) is 6.61 Å². The van der Waals surface area contributed by atoms with Crippen molar-refractivity contribution in [3.05, 3.63) is 71.8 Å². The van der Waals surface area contributed by atoms with Crippen LogP contribution in [0.15, 0.2) is 60.7 Å². The molecule has 0 saturated carbocycles. The number of carbonyl (C=O) groups is 2. The maximum absolute atomic E-state index is 12.1. The molecule has 2 rings (SSSR count). The predicted molar refractivity (Wildman–Crippen MR) is 92.7 cm³/mol. The van der Waals surface area contributed by atoms with Gasteiger partial charge in [-0.2, -0.15) is 5.06 Å². The summed E-state index contributed by atoms with van der Waals surface area (Å²) in [6, 6.07) is 16.2. The number of carbonyl (C=O) groups excluding carboxylic acids is 2. The summed E-state index contributed by atoms with van der Waals surface area (Å²) in [6.07, 6.45) is 0. The van der Waals surface area contributed by atoms with Crippen LogP contribution in [0.4, 0.5) is 4.79 Å². The lowest BCUT2D eigenvalue weighted by Gasteiger charge is -2.24. The molecular weight excluding hydrogens is 320 g/mol. The van der Waals surface area contributed by atoms with Gasteiger partial charge in [-0.1, -0.05) is 60.7 Å². The molecule has 1 unspecified atom stereocenters. The maximum Gasteiger partial charge on any atom is 0.342 e. The van der Waals surface area contributed by atoms with E-state index in [9.17, 15) is 14.8 Å². The second-order valence-electron chi connectivity index (χ2n) is 5.70. The van der Waals surface area contributed by atoms with Crippen LogP contribution in [0.25, 0.3) is 0 Å². The van der Waals surface area contributed by atoms with Crippen LogP contribution in [0.1, 0.15) is 31.0 Å². The Morgan fingerprint density at radius 2 is 1.60 bits per heavy atom. The number of nitrogens with zero attached hydrogens (tertiary/aromatic N) is 1. The average molecular weight is 342 g/mol. The number of benzene rings is 2. The maximum atomic E-state index is 12.1. The molecule has 0 aromatic heterocycles. The number of hydrogen-bond donors (Lipinski definition) is 2. The minimum atomic E-state index is -0.881. The SMILES string of the molecule is CC(c1ccccc1)N(O)C(=O)N[C@@H](C)C(=O)OCc1ccccc1. The van der Waals surface area contributed by atoms with E-state index < -0.39 is 24.1 Å². The first-order valence-corrected chi connectivity index (χ1v) is 8.03. The van der Waals surface area contributed by atoms with E-state index in [1.54, 1.807) is 19.1 Å². The number of hydrogen-bond acceptors (Lipinski definition) is 4. The van der Waals surface area contributed by atoms with Gasteiger partial charge in [0.05, 0.1) is 6.04 Å². The van der Waals surface area contributed by atoms with E-state index in [2.05, 4.69) is 5.32 Å². The monoisotopic (exact) mass is 342 g/mol. The van der Waals surface area contributed by atoms with E-state index in [4.69, 9.17) is 4.74 Å². The second kappa shape index (κ2) is 8.84. The van der Waals surface area contributed by atoms with Gasteiger partial charge in [-0.3, -0.25) is 5.21 Å². The molecular formula is C19H22N2O4. The number of nitrogens with one attached hydrogen (secondary N) is 1. The van der Waals surface area contributed by atoms with E-state index in [1.165, 1.54) is 6.92 Å². The van der Waals surface area contributed by atoms with Crippen LogP contribution in [0, 0.1) is 0 Å². The molecule has 0 spiro atoms. The molecule has 0 aliphatic carbocycles. The third-order valence-corrected chi connectivity index (χ3v) is 3.77. The van der Waals surface area contributed by atoms with Gasteiger partial charge in [0.15, 0.2) is 0 Å². The lowest BCUT2D eigenvalue weighted by molar-refractivity contribution is -0.147. The van der Waals surface area contributed by atoms with Gasteiger partial charge in [-0.15, -0.1) is 0 Å². The Bertz CT molecular complexity index is 691. The molecule has 0 saturated heterocycles. The molecule has 6 nitrogen and oxygen atoms in total. The van der Waals surface area contributed by atoms with Crippen molar-refractivity contribution in [2.75, 3.05) is 0 Å². The Labute approximate surface area is 147 Å². The third kappa shape index (κ3) is 5.32. The zero-order valence-corrected chi connectivity index (χ0v) is 14.3. The first kappa shape index (κ1) is 18.5. The molecule has 0 heterocycles. The van der Waals surface area contributed by atoms with Crippen LogP contribution in [0.3, 0.4) is 0 Å². The average Bonchev–Trinajstić information content (AvgIpc) is 2.66. The molecule has 0 bridgehead atoms.